The summed E-state index contributed by atoms with van der Waals surface area (Å²) in [6, 6.07) is -0.118. The third-order valence-electron chi connectivity index (χ3n) is 2.75. The third kappa shape index (κ3) is 3.98. The van der Waals surface area contributed by atoms with Crippen LogP contribution in [0.25, 0.3) is 0 Å². The Hall–Kier alpha value is -0.810. The standard InChI is InChI=1S/C11H23N3O2/c1-3-5-11(8-12-6-7-16-11)9-14-10(15)13-4-2/h12H,3-9H2,1-2H3,(H2,13,14,15). The van der Waals surface area contributed by atoms with Crippen LogP contribution in [-0.2, 0) is 4.74 Å². The van der Waals surface area contributed by atoms with Crippen LogP contribution in [0, 0.1) is 0 Å². The molecule has 94 valence electrons. The maximum absolute atomic E-state index is 11.3. The summed E-state index contributed by atoms with van der Waals surface area (Å²) < 4.78 is 5.83. The van der Waals surface area contributed by atoms with Gasteiger partial charge < -0.3 is 20.7 Å². The van der Waals surface area contributed by atoms with E-state index in [2.05, 4.69) is 22.9 Å². The molecule has 0 radical (unpaired) electrons. The molecule has 0 aromatic carbocycles. The van der Waals surface area contributed by atoms with Crippen LogP contribution in [-0.4, -0.2) is 44.4 Å². The molecule has 0 spiro atoms. The van der Waals surface area contributed by atoms with Crippen LogP contribution in [0.3, 0.4) is 0 Å². The first-order valence-corrected chi connectivity index (χ1v) is 6.09. The first-order chi connectivity index (χ1) is 7.72. The summed E-state index contributed by atoms with van der Waals surface area (Å²) in [6.45, 7) is 7.67. The monoisotopic (exact) mass is 229 g/mol. The van der Waals surface area contributed by atoms with Gasteiger partial charge in [0.25, 0.3) is 0 Å². The number of carbonyl (C=O) groups is 1. The number of morpholine rings is 1. The van der Waals surface area contributed by atoms with Crippen LogP contribution < -0.4 is 16.0 Å². The second-order valence-corrected chi connectivity index (χ2v) is 4.17. The van der Waals surface area contributed by atoms with E-state index in [1.165, 1.54) is 0 Å². The van der Waals surface area contributed by atoms with Crippen molar-refractivity contribution < 1.29 is 9.53 Å². The molecule has 0 aromatic heterocycles. The lowest BCUT2D eigenvalue weighted by molar-refractivity contribution is -0.0681. The number of rotatable bonds is 5. The third-order valence-corrected chi connectivity index (χ3v) is 2.75. The number of nitrogens with one attached hydrogen (secondary N) is 3. The first kappa shape index (κ1) is 13.3. The molecule has 0 saturated carbocycles. The Labute approximate surface area is 97.3 Å². The molecular formula is C11H23N3O2. The molecule has 1 aliphatic heterocycles. The lowest BCUT2D eigenvalue weighted by Gasteiger charge is -2.37. The van der Waals surface area contributed by atoms with Gasteiger partial charge in [-0.05, 0) is 13.3 Å². The minimum Gasteiger partial charge on any atom is -0.371 e. The van der Waals surface area contributed by atoms with Crippen molar-refractivity contribution in [1.29, 1.82) is 0 Å². The lowest BCUT2D eigenvalue weighted by atomic mass is 9.96. The Kier molecular flexibility index (Phi) is 5.55. The van der Waals surface area contributed by atoms with Gasteiger partial charge in [-0.1, -0.05) is 13.3 Å². The predicted molar refractivity (Wildman–Crippen MR) is 63.5 cm³/mol. The van der Waals surface area contributed by atoms with Crippen LogP contribution >= 0.6 is 0 Å². The van der Waals surface area contributed by atoms with Gasteiger partial charge in [-0.15, -0.1) is 0 Å². The van der Waals surface area contributed by atoms with Crippen molar-refractivity contribution in [3.05, 3.63) is 0 Å². The zero-order valence-corrected chi connectivity index (χ0v) is 10.3. The molecule has 3 N–H and O–H groups in total. The fourth-order valence-corrected chi connectivity index (χ4v) is 1.99. The van der Waals surface area contributed by atoms with Gasteiger partial charge in [-0.2, -0.15) is 0 Å². The Morgan fingerprint density at radius 3 is 2.81 bits per heavy atom. The highest BCUT2D eigenvalue weighted by atomic mass is 16.5. The normalized spacial score (nSPS) is 25.1. The summed E-state index contributed by atoms with van der Waals surface area (Å²) in [4.78, 5) is 11.3. The maximum Gasteiger partial charge on any atom is 0.314 e. The molecule has 1 unspecified atom stereocenters. The lowest BCUT2D eigenvalue weighted by Crippen LogP contribution is -2.56. The van der Waals surface area contributed by atoms with Crippen molar-refractivity contribution in [1.82, 2.24) is 16.0 Å². The van der Waals surface area contributed by atoms with Gasteiger partial charge in [0.2, 0.25) is 0 Å². The summed E-state index contributed by atoms with van der Waals surface area (Å²) in [5.41, 5.74) is -0.224. The molecule has 0 aromatic rings. The highest BCUT2D eigenvalue weighted by Gasteiger charge is 2.32. The molecular weight excluding hydrogens is 206 g/mol. The van der Waals surface area contributed by atoms with Gasteiger partial charge in [0.05, 0.1) is 12.2 Å². The van der Waals surface area contributed by atoms with Crippen molar-refractivity contribution in [2.75, 3.05) is 32.8 Å². The van der Waals surface area contributed by atoms with Crippen LogP contribution in [0.15, 0.2) is 0 Å². The van der Waals surface area contributed by atoms with E-state index < -0.39 is 0 Å². The van der Waals surface area contributed by atoms with E-state index in [-0.39, 0.29) is 11.6 Å². The van der Waals surface area contributed by atoms with E-state index in [0.717, 1.165) is 32.5 Å². The molecule has 16 heavy (non-hydrogen) atoms. The molecule has 0 aliphatic carbocycles. The van der Waals surface area contributed by atoms with Gasteiger partial charge in [-0.25, -0.2) is 4.79 Å². The highest BCUT2D eigenvalue weighted by Crippen LogP contribution is 2.18. The second kappa shape index (κ2) is 6.70. The number of carbonyl (C=O) groups excluding carboxylic acids is 1. The van der Waals surface area contributed by atoms with Gasteiger partial charge in [0, 0.05) is 26.2 Å². The van der Waals surface area contributed by atoms with Crippen molar-refractivity contribution >= 4 is 6.03 Å². The molecule has 1 saturated heterocycles. The van der Waals surface area contributed by atoms with E-state index in [9.17, 15) is 4.79 Å². The topological polar surface area (TPSA) is 62.4 Å². The summed E-state index contributed by atoms with van der Waals surface area (Å²) in [7, 11) is 0. The van der Waals surface area contributed by atoms with Gasteiger partial charge in [0.1, 0.15) is 0 Å². The maximum atomic E-state index is 11.3. The number of hydrogen-bond donors (Lipinski definition) is 3. The van der Waals surface area contributed by atoms with Crippen LogP contribution in [0.2, 0.25) is 0 Å². The largest absolute Gasteiger partial charge is 0.371 e. The number of amides is 2. The van der Waals surface area contributed by atoms with E-state index in [4.69, 9.17) is 4.74 Å². The Morgan fingerprint density at radius 2 is 2.25 bits per heavy atom. The molecule has 1 atom stereocenters. The molecule has 0 bridgehead atoms. The number of hydrogen-bond acceptors (Lipinski definition) is 3. The Balaban J connectivity index is 2.40. The highest BCUT2D eigenvalue weighted by molar-refractivity contribution is 5.73. The van der Waals surface area contributed by atoms with E-state index in [1.807, 2.05) is 6.92 Å². The van der Waals surface area contributed by atoms with Crippen molar-refractivity contribution in [2.24, 2.45) is 0 Å². The minimum atomic E-state index is -0.224. The summed E-state index contributed by atoms with van der Waals surface area (Å²) in [5, 5.41) is 8.90. The quantitative estimate of drug-likeness (QED) is 0.642. The van der Waals surface area contributed by atoms with Gasteiger partial charge >= 0.3 is 6.03 Å². The van der Waals surface area contributed by atoms with Crippen molar-refractivity contribution in [3.8, 4) is 0 Å². The average molecular weight is 229 g/mol. The summed E-state index contributed by atoms with van der Waals surface area (Å²) in [6.07, 6.45) is 2.02. The zero-order chi connectivity index (χ0) is 11.9. The van der Waals surface area contributed by atoms with Crippen molar-refractivity contribution in [3.63, 3.8) is 0 Å². The molecule has 1 heterocycles. The molecule has 5 heteroatoms. The van der Waals surface area contributed by atoms with E-state index in [1.54, 1.807) is 0 Å². The second-order valence-electron chi connectivity index (χ2n) is 4.17. The van der Waals surface area contributed by atoms with E-state index >= 15 is 0 Å². The minimum absolute atomic E-state index is 0.118. The van der Waals surface area contributed by atoms with Crippen LogP contribution in [0.5, 0.6) is 0 Å². The first-order valence-electron chi connectivity index (χ1n) is 6.09. The predicted octanol–water partition coefficient (Wildman–Crippen LogP) is 0.464. The van der Waals surface area contributed by atoms with Crippen LogP contribution in [0.1, 0.15) is 26.7 Å². The molecule has 1 rings (SSSR count). The fourth-order valence-electron chi connectivity index (χ4n) is 1.99. The summed E-state index contributed by atoms with van der Waals surface area (Å²) >= 11 is 0. The van der Waals surface area contributed by atoms with Crippen LogP contribution in [0.4, 0.5) is 4.79 Å². The molecule has 5 nitrogen and oxygen atoms in total. The summed E-state index contributed by atoms with van der Waals surface area (Å²) in [5.74, 6) is 0. The SMILES string of the molecule is CCCC1(CNC(=O)NCC)CNCCO1. The average Bonchev–Trinajstić information content (AvgIpc) is 2.29. The molecule has 2 amide bonds. The number of urea groups is 1. The number of ether oxygens (including phenoxy) is 1. The molecule has 1 aliphatic rings. The van der Waals surface area contributed by atoms with Gasteiger partial charge in [-0.3, -0.25) is 0 Å². The zero-order valence-electron chi connectivity index (χ0n) is 10.3. The molecule has 1 fully saturated rings. The van der Waals surface area contributed by atoms with Crippen molar-refractivity contribution in [2.45, 2.75) is 32.3 Å². The fraction of sp³-hybridized carbons (Fsp3) is 0.909. The Morgan fingerprint density at radius 1 is 1.44 bits per heavy atom. The van der Waals surface area contributed by atoms with E-state index in [0.29, 0.717) is 13.1 Å². The van der Waals surface area contributed by atoms with Gasteiger partial charge in [0.15, 0.2) is 0 Å². The Bertz CT molecular complexity index is 210. The smallest absolute Gasteiger partial charge is 0.314 e.